The van der Waals surface area contributed by atoms with Gasteiger partial charge < -0.3 is 0 Å². The van der Waals surface area contributed by atoms with Crippen LogP contribution >= 0.6 is 23.4 Å². The third-order valence-electron chi connectivity index (χ3n) is 3.23. The largest absolute Gasteiger partial charge is 0.295 e. The van der Waals surface area contributed by atoms with Crippen LogP contribution in [0.5, 0.6) is 0 Å². The summed E-state index contributed by atoms with van der Waals surface area (Å²) in [5, 5.41) is 2.24. The average Bonchev–Trinajstić information content (AvgIpc) is 3.22. The van der Waals surface area contributed by atoms with Crippen molar-refractivity contribution in [2.75, 3.05) is 0 Å². The molecule has 1 fully saturated rings. The van der Waals surface area contributed by atoms with Crippen molar-refractivity contribution in [1.82, 2.24) is 19.4 Å². The molecule has 20 heavy (non-hydrogen) atoms. The van der Waals surface area contributed by atoms with E-state index in [1.54, 1.807) is 6.07 Å². The zero-order valence-corrected chi connectivity index (χ0v) is 12.1. The van der Waals surface area contributed by atoms with Crippen molar-refractivity contribution in [2.45, 2.75) is 28.9 Å². The standard InChI is InChI=1S/C14H11ClN4S/c15-11-7-12(18-13(17-11)9-4-5-9)20-14-16-8-10-3-1-2-6-19(10)14/h1-3,6-9H,4-5H2. The van der Waals surface area contributed by atoms with Crippen molar-refractivity contribution in [3.63, 3.8) is 0 Å². The lowest BCUT2D eigenvalue weighted by atomic mass is 10.4. The van der Waals surface area contributed by atoms with Crippen LogP contribution in [0.2, 0.25) is 5.15 Å². The first-order chi connectivity index (χ1) is 9.79. The Balaban J connectivity index is 1.71. The Hall–Kier alpha value is -1.59. The maximum Gasteiger partial charge on any atom is 0.178 e. The Morgan fingerprint density at radius 1 is 1.25 bits per heavy atom. The van der Waals surface area contributed by atoms with Crippen molar-refractivity contribution in [1.29, 1.82) is 0 Å². The van der Waals surface area contributed by atoms with Gasteiger partial charge in [-0.25, -0.2) is 15.0 Å². The fourth-order valence-electron chi connectivity index (χ4n) is 2.08. The highest BCUT2D eigenvalue weighted by Gasteiger charge is 2.27. The predicted octanol–water partition coefficient (Wildman–Crippen LogP) is 3.81. The first-order valence-corrected chi connectivity index (χ1v) is 7.63. The minimum absolute atomic E-state index is 0.491. The molecule has 0 atom stereocenters. The second-order valence-electron chi connectivity index (χ2n) is 4.80. The van der Waals surface area contributed by atoms with Gasteiger partial charge in [-0.3, -0.25) is 4.40 Å². The molecule has 3 heterocycles. The Kier molecular flexibility index (Phi) is 2.89. The highest BCUT2D eigenvalue weighted by Crippen LogP contribution is 2.39. The van der Waals surface area contributed by atoms with Gasteiger partial charge in [0.1, 0.15) is 16.0 Å². The lowest BCUT2D eigenvalue weighted by Crippen LogP contribution is -1.95. The van der Waals surface area contributed by atoms with Gasteiger partial charge in [0.15, 0.2) is 5.16 Å². The number of hydrogen-bond donors (Lipinski definition) is 0. The molecule has 0 radical (unpaired) electrons. The fourth-order valence-corrected chi connectivity index (χ4v) is 3.20. The van der Waals surface area contributed by atoms with E-state index in [0.717, 1.165) is 34.4 Å². The second-order valence-corrected chi connectivity index (χ2v) is 6.17. The topological polar surface area (TPSA) is 43.1 Å². The fraction of sp³-hybridized carbons (Fsp3) is 0.214. The zero-order valence-electron chi connectivity index (χ0n) is 10.5. The van der Waals surface area contributed by atoms with Gasteiger partial charge in [-0.1, -0.05) is 17.7 Å². The summed E-state index contributed by atoms with van der Waals surface area (Å²) in [5.41, 5.74) is 1.07. The average molecular weight is 303 g/mol. The number of pyridine rings is 1. The van der Waals surface area contributed by atoms with E-state index in [1.807, 2.05) is 35.0 Å². The van der Waals surface area contributed by atoms with Gasteiger partial charge >= 0.3 is 0 Å². The summed E-state index contributed by atoms with van der Waals surface area (Å²) in [7, 11) is 0. The minimum atomic E-state index is 0.491. The number of imidazole rings is 1. The number of aromatic nitrogens is 4. The molecule has 0 aliphatic heterocycles. The Morgan fingerprint density at radius 3 is 3.00 bits per heavy atom. The minimum Gasteiger partial charge on any atom is -0.295 e. The van der Waals surface area contributed by atoms with E-state index in [2.05, 4.69) is 15.0 Å². The van der Waals surface area contributed by atoms with Crippen LogP contribution in [0.1, 0.15) is 24.6 Å². The molecule has 1 aliphatic carbocycles. The zero-order chi connectivity index (χ0) is 13.5. The van der Waals surface area contributed by atoms with E-state index < -0.39 is 0 Å². The van der Waals surface area contributed by atoms with E-state index in [9.17, 15) is 0 Å². The molecule has 3 aromatic heterocycles. The molecule has 4 rings (SSSR count). The molecule has 0 bridgehead atoms. The smallest absolute Gasteiger partial charge is 0.178 e. The third-order valence-corrected chi connectivity index (χ3v) is 4.33. The molecule has 1 aliphatic rings. The predicted molar refractivity (Wildman–Crippen MR) is 78.3 cm³/mol. The summed E-state index contributed by atoms with van der Waals surface area (Å²) in [4.78, 5) is 13.3. The van der Waals surface area contributed by atoms with Gasteiger partial charge in [-0.05, 0) is 36.7 Å². The van der Waals surface area contributed by atoms with Gasteiger partial charge in [0, 0.05) is 18.2 Å². The van der Waals surface area contributed by atoms with Crippen molar-refractivity contribution in [3.8, 4) is 0 Å². The van der Waals surface area contributed by atoms with Crippen molar-refractivity contribution in [3.05, 3.63) is 47.6 Å². The summed E-state index contributed by atoms with van der Waals surface area (Å²) < 4.78 is 2.04. The number of rotatable bonds is 3. The monoisotopic (exact) mass is 302 g/mol. The summed E-state index contributed by atoms with van der Waals surface area (Å²) in [6, 6.07) is 7.81. The molecule has 0 spiro atoms. The molecule has 0 saturated heterocycles. The van der Waals surface area contributed by atoms with Gasteiger partial charge in [0.05, 0.1) is 11.7 Å². The molecule has 6 heteroatoms. The maximum absolute atomic E-state index is 6.09. The van der Waals surface area contributed by atoms with Crippen LogP contribution in [0.4, 0.5) is 0 Å². The summed E-state index contributed by atoms with van der Waals surface area (Å²) in [6.45, 7) is 0. The summed E-state index contributed by atoms with van der Waals surface area (Å²) in [6.07, 6.45) is 6.18. The van der Waals surface area contributed by atoms with Gasteiger partial charge in [0.25, 0.3) is 0 Å². The number of hydrogen-bond acceptors (Lipinski definition) is 4. The Morgan fingerprint density at radius 2 is 2.15 bits per heavy atom. The van der Waals surface area contributed by atoms with Crippen LogP contribution in [-0.4, -0.2) is 19.4 Å². The van der Waals surface area contributed by atoms with E-state index in [4.69, 9.17) is 11.6 Å². The van der Waals surface area contributed by atoms with Crippen LogP contribution in [0.3, 0.4) is 0 Å². The molecule has 0 aromatic carbocycles. The van der Waals surface area contributed by atoms with Crippen LogP contribution in [0, 0.1) is 0 Å². The van der Waals surface area contributed by atoms with E-state index in [0.29, 0.717) is 11.1 Å². The number of fused-ring (bicyclic) bond motifs is 1. The molecule has 1 saturated carbocycles. The quantitative estimate of drug-likeness (QED) is 0.690. The summed E-state index contributed by atoms with van der Waals surface area (Å²) in [5.74, 6) is 1.35. The molecule has 4 nitrogen and oxygen atoms in total. The van der Waals surface area contributed by atoms with Gasteiger partial charge in [-0.15, -0.1) is 0 Å². The highest BCUT2D eigenvalue weighted by atomic mass is 35.5. The van der Waals surface area contributed by atoms with Crippen LogP contribution < -0.4 is 0 Å². The molecular weight excluding hydrogens is 292 g/mol. The van der Waals surface area contributed by atoms with Gasteiger partial charge in [0.2, 0.25) is 0 Å². The SMILES string of the molecule is Clc1cc(Sc2ncc3ccccn23)nc(C2CC2)n1. The van der Waals surface area contributed by atoms with Crippen LogP contribution in [0.25, 0.3) is 5.52 Å². The van der Waals surface area contributed by atoms with Crippen LogP contribution in [0.15, 0.2) is 46.8 Å². The molecule has 0 N–H and O–H groups in total. The maximum atomic E-state index is 6.09. The lowest BCUT2D eigenvalue weighted by molar-refractivity contribution is 0.872. The molecule has 0 unspecified atom stereocenters. The molecule has 100 valence electrons. The molecule has 3 aromatic rings. The van der Waals surface area contributed by atoms with Crippen molar-refractivity contribution in [2.24, 2.45) is 0 Å². The highest BCUT2D eigenvalue weighted by molar-refractivity contribution is 7.99. The first-order valence-electron chi connectivity index (χ1n) is 6.44. The van der Waals surface area contributed by atoms with Crippen molar-refractivity contribution >= 4 is 28.9 Å². The van der Waals surface area contributed by atoms with Crippen LogP contribution in [-0.2, 0) is 0 Å². The number of nitrogens with zero attached hydrogens (tertiary/aromatic N) is 4. The lowest BCUT2D eigenvalue weighted by Gasteiger charge is -2.03. The Labute approximate surface area is 125 Å². The number of halogens is 1. The third kappa shape index (κ3) is 2.27. The van der Waals surface area contributed by atoms with Crippen molar-refractivity contribution < 1.29 is 0 Å². The normalized spacial score (nSPS) is 14.8. The van der Waals surface area contributed by atoms with E-state index in [1.165, 1.54) is 11.8 Å². The Bertz CT molecular complexity index is 782. The van der Waals surface area contributed by atoms with Gasteiger partial charge in [-0.2, -0.15) is 0 Å². The first kappa shape index (κ1) is 12.2. The van der Waals surface area contributed by atoms with E-state index in [-0.39, 0.29) is 0 Å². The summed E-state index contributed by atoms with van der Waals surface area (Å²) >= 11 is 7.60. The van der Waals surface area contributed by atoms with E-state index >= 15 is 0 Å². The molecule has 0 amide bonds. The second kappa shape index (κ2) is 4.75. The molecular formula is C14H11ClN4S.